The first kappa shape index (κ1) is 14.5. The first-order valence-electron chi connectivity index (χ1n) is 6.84. The highest BCUT2D eigenvalue weighted by molar-refractivity contribution is 5.77. The number of amides is 1. The van der Waals surface area contributed by atoms with E-state index >= 15 is 0 Å². The molecule has 100 valence electrons. The SMILES string of the molecule is CCC1CCC(N(C)CC(=O)NCCN)CC1. The molecule has 1 fully saturated rings. The summed E-state index contributed by atoms with van der Waals surface area (Å²) in [6.45, 7) is 3.86. The van der Waals surface area contributed by atoms with Crippen LogP contribution in [-0.2, 0) is 4.79 Å². The summed E-state index contributed by atoms with van der Waals surface area (Å²) in [6, 6.07) is 0.585. The van der Waals surface area contributed by atoms with Gasteiger partial charge in [-0.2, -0.15) is 0 Å². The summed E-state index contributed by atoms with van der Waals surface area (Å²) in [6.07, 6.45) is 6.40. The third-order valence-corrected chi connectivity index (χ3v) is 3.88. The Morgan fingerprint density at radius 2 is 2.00 bits per heavy atom. The predicted molar refractivity (Wildman–Crippen MR) is 70.7 cm³/mol. The second-order valence-corrected chi connectivity index (χ2v) is 5.14. The van der Waals surface area contributed by atoms with Crippen molar-refractivity contribution in [3.63, 3.8) is 0 Å². The molecule has 1 aliphatic carbocycles. The summed E-state index contributed by atoms with van der Waals surface area (Å²) in [5.41, 5.74) is 5.35. The van der Waals surface area contributed by atoms with Crippen LogP contribution >= 0.6 is 0 Å². The molecule has 0 radical (unpaired) electrons. The normalized spacial score (nSPS) is 24.9. The minimum absolute atomic E-state index is 0.0931. The molecule has 0 spiro atoms. The van der Waals surface area contributed by atoms with Crippen LogP contribution in [0, 0.1) is 5.92 Å². The number of carbonyl (C=O) groups excluding carboxylic acids is 1. The van der Waals surface area contributed by atoms with Crippen molar-refractivity contribution in [2.24, 2.45) is 11.7 Å². The first-order valence-corrected chi connectivity index (χ1v) is 6.84. The largest absolute Gasteiger partial charge is 0.354 e. The fourth-order valence-electron chi connectivity index (χ4n) is 2.62. The molecule has 1 amide bonds. The number of hydrogen-bond acceptors (Lipinski definition) is 3. The van der Waals surface area contributed by atoms with Crippen LogP contribution in [0.25, 0.3) is 0 Å². The molecule has 17 heavy (non-hydrogen) atoms. The van der Waals surface area contributed by atoms with Gasteiger partial charge in [0.1, 0.15) is 0 Å². The summed E-state index contributed by atoms with van der Waals surface area (Å²) in [5.74, 6) is 1.00. The first-order chi connectivity index (χ1) is 8.17. The average Bonchev–Trinajstić information content (AvgIpc) is 2.36. The van der Waals surface area contributed by atoms with E-state index in [1.165, 1.54) is 32.1 Å². The molecule has 0 aromatic carbocycles. The van der Waals surface area contributed by atoms with Crippen LogP contribution in [0.1, 0.15) is 39.0 Å². The topological polar surface area (TPSA) is 58.4 Å². The zero-order valence-corrected chi connectivity index (χ0v) is 11.2. The van der Waals surface area contributed by atoms with E-state index in [1.807, 2.05) is 0 Å². The number of nitrogens with two attached hydrogens (primary N) is 1. The molecule has 0 bridgehead atoms. The minimum atomic E-state index is 0.0931. The lowest BCUT2D eigenvalue weighted by Crippen LogP contribution is -2.43. The molecular formula is C13H27N3O. The van der Waals surface area contributed by atoms with Crippen LogP contribution in [-0.4, -0.2) is 43.5 Å². The van der Waals surface area contributed by atoms with Crippen molar-refractivity contribution in [3.8, 4) is 0 Å². The van der Waals surface area contributed by atoms with Gasteiger partial charge >= 0.3 is 0 Å². The van der Waals surface area contributed by atoms with Gasteiger partial charge in [-0.15, -0.1) is 0 Å². The zero-order valence-electron chi connectivity index (χ0n) is 11.2. The van der Waals surface area contributed by atoms with Crippen molar-refractivity contribution in [1.29, 1.82) is 0 Å². The van der Waals surface area contributed by atoms with Gasteiger partial charge in [0.05, 0.1) is 6.54 Å². The molecule has 0 aromatic heterocycles. The molecule has 0 heterocycles. The van der Waals surface area contributed by atoms with Gasteiger partial charge in [-0.25, -0.2) is 0 Å². The lowest BCUT2D eigenvalue weighted by molar-refractivity contribution is -0.122. The van der Waals surface area contributed by atoms with E-state index < -0.39 is 0 Å². The van der Waals surface area contributed by atoms with Crippen molar-refractivity contribution >= 4 is 5.91 Å². The summed E-state index contributed by atoms with van der Waals surface area (Å²) in [5, 5.41) is 2.82. The molecule has 3 N–H and O–H groups in total. The van der Waals surface area contributed by atoms with Crippen molar-refractivity contribution < 1.29 is 4.79 Å². The van der Waals surface area contributed by atoms with Crippen molar-refractivity contribution in [1.82, 2.24) is 10.2 Å². The fourth-order valence-corrected chi connectivity index (χ4v) is 2.62. The number of carbonyl (C=O) groups is 1. The molecule has 0 saturated heterocycles. The van der Waals surface area contributed by atoms with Gasteiger partial charge in [-0.3, -0.25) is 9.69 Å². The maximum atomic E-state index is 11.6. The van der Waals surface area contributed by atoms with Crippen LogP contribution in [0.3, 0.4) is 0 Å². The second-order valence-electron chi connectivity index (χ2n) is 5.14. The van der Waals surface area contributed by atoms with E-state index in [0.29, 0.717) is 25.7 Å². The van der Waals surface area contributed by atoms with Gasteiger partial charge in [-0.1, -0.05) is 13.3 Å². The number of rotatable bonds is 6. The predicted octanol–water partition coefficient (Wildman–Crippen LogP) is 0.962. The molecule has 1 rings (SSSR count). The Morgan fingerprint density at radius 3 is 2.53 bits per heavy atom. The molecule has 0 unspecified atom stereocenters. The van der Waals surface area contributed by atoms with Crippen LogP contribution in [0.4, 0.5) is 0 Å². The maximum Gasteiger partial charge on any atom is 0.234 e. The fraction of sp³-hybridized carbons (Fsp3) is 0.923. The Morgan fingerprint density at radius 1 is 1.35 bits per heavy atom. The highest BCUT2D eigenvalue weighted by Crippen LogP contribution is 2.28. The van der Waals surface area contributed by atoms with Gasteiger partial charge < -0.3 is 11.1 Å². The van der Waals surface area contributed by atoms with E-state index in [-0.39, 0.29) is 5.91 Å². The van der Waals surface area contributed by atoms with E-state index in [4.69, 9.17) is 5.73 Å². The highest BCUT2D eigenvalue weighted by atomic mass is 16.2. The Labute approximate surface area is 105 Å². The third kappa shape index (κ3) is 5.04. The van der Waals surface area contributed by atoms with Crippen molar-refractivity contribution in [3.05, 3.63) is 0 Å². The lowest BCUT2D eigenvalue weighted by atomic mass is 9.84. The summed E-state index contributed by atoms with van der Waals surface area (Å²) < 4.78 is 0. The van der Waals surface area contributed by atoms with E-state index in [2.05, 4.69) is 24.2 Å². The quantitative estimate of drug-likeness (QED) is 0.728. The monoisotopic (exact) mass is 241 g/mol. The summed E-state index contributed by atoms with van der Waals surface area (Å²) in [4.78, 5) is 13.8. The van der Waals surface area contributed by atoms with E-state index in [1.54, 1.807) is 0 Å². The van der Waals surface area contributed by atoms with Gasteiger partial charge in [0.25, 0.3) is 0 Å². The second kappa shape index (κ2) is 7.67. The average molecular weight is 241 g/mol. The van der Waals surface area contributed by atoms with Crippen molar-refractivity contribution in [2.45, 2.75) is 45.1 Å². The molecule has 1 aliphatic rings. The Hall–Kier alpha value is -0.610. The number of hydrogen-bond donors (Lipinski definition) is 2. The van der Waals surface area contributed by atoms with E-state index in [0.717, 1.165) is 5.92 Å². The van der Waals surface area contributed by atoms with Crippen LogP contribution in [0.5, 0.6) is 0 Å². The molecule has 0 atom stereocenters. The number of likely N-dealkylation sites (N-methyl/N-ethyl adjacent to an activating group) is 1. The Balaban J connectivity index is 2.24. The number of nitrogens with zero attached hydrogens (tertiary/aromatic N) is 1. The maximum absolute atomic E-state index is 11.6. The Bertz CT molecular complexity index is 225. The van der Waals surface area contributed by atoms with Gasteiger partial charge in [0.2, 0.25) is 5.91 Å². The number of nitrogens with one attached hydrogen (secondary N) is 1. The van der Waals surface area contributed by atoms with E-state index in [9.17, 15) is 4.79 Å². The van der Waals surface area contributed by atoms with Crippen LogP contribution in [0.2, 0.25) is 0 Å². The zero-order chi connectivity index (χ0) is 12.7. The molecule has 4 heteroatoms. The molecular weight excluding hydrogens is 214 g/mol. The Kier molecular flexibility index (Phi) is 6.52. The molecule has 4 nitrogen and oxygen atoms in total. The smallest absolute Gasteiger partial charge is 0.234 e. The molecule has 1 saturated carbocycles. The van der Waals surface area contributed by atoms with Crippen molar-refractivity contribution in [2.75, 3.05) is 26.7 Å². The summed E-state index contributed by atoms with van der Waals surface area (Å²) >= 11 is 0. The van der Waals surface area contributed by atoms with Gasteiger partial charge in [-0.05, 0) is 38.6 Å². The molecule has 0 aliphatic heterocycles. The van der Waals surface area contributed by atoms with Gasteiger partial charge in [0.15, 0.2) is 0 Å². The standard InChI is InChI=1S/C13H27N3O/c1-3-11-4-6-12(7-5-11)16(2)10-13(17)15-9-8-14/h11-12H,3-10,14H2,1-2H3,(H,15,17). The van der Waals surface area contributed by atoms with Gasteiger partial charge in [0, 0.05) is 19.1 Å². The lowest BCUT2D eigenvalue weighted by Gasteiger charge is -2.34. The molecule has 0 aromatic rings. The highest BCUT2D eigenvalue weighted by Gasteiger charge is 2.23. The minimum Gasteiger partial charge on any atom is -0.354 e. The van der Waals surface area contributed by atoms with Crippen LogP contribution in [0.15, 0.2) is 0 Å². The third-order valence-electron chi connectivity index (χ3n) is 3.88. The summed E-state index contributed by atoms with van der Waals surface area (Å²) in [7, 11) is 2.05. The van der Waals surface area contributed by atoms with Crippen LogP contribution < -0.4 is 11.1 Å².